The average Bonchev–Trinajstić information content (AvgIpc) is 2.65. The predicted octanol–water partition coefficient (Wildman–Crippen LogP) is 3.01. The fraction of sp³-hybridized carbons (Fsp3) is 0.300. The van der Waals surface area contributed by atoms with Gasteiger partial charge in [0.25, 0.3) is 0 Å². The van der Waals surface area contributed by atoms with Crippen LogP contribution in [-0.4, -0.2) is 24.2 Å². The van der Waals surface area contributed by atoms with Crippen molar-refractivity contribution >= 4 is 17.5 Å². The molecule has 1 N–H and O–H groups in total. The third-order valence-electron chi connectivity index (χ3n) is 2.32. The number of rotatable bonds is 1. The van der Waals surface area contributed by atoms with E-state index in [1.165, 1.54) is 0 Å². The largest absolute Gasteiger partial charge is 0.492 e. The summed E-state index contributed by atoms with van der Waals surface area (Å²) in [5.41, 5.74) is 0. The smallest absolute Gasteiger partial charge is 0.424 e. The van der Waals surface area contributed by atoms with Crippen LogP contribution in [0.3, 0.4) is 0 Å². The lowest BCUT2D eigenvalue weighted by atomic mass is 10.3. The van der Waals surface area contributed by atoms with Gasteiger partial charge in [-0.05, 0) is 12.1 Å². The molecule has 11 heteroatoms. The molecule has 2 rings (SSSR count). The Morgan fingerprint density at radius 2 is 1.67 bits per heavy atom. The lowest BCUT2D eigenvalue weighted by Crippen LogP contribution is -2.66. The molecule has 0 radical (unpaired) electrons. The third kappa shape index (κ3) is 2.80. The van der Waals surface area contributed by atoms with Crippen LogP contribution in [0.4, 0.5) is 26.3 Å². The normalized spacial score (nSPS) is 21.3. The number of hydrogen-bond acceptors (Lipinski definition) is 3. The van der Waals surface area contributed by atoms with Crippen molar-refractivity contribution in [3.8, 4) is 11.5 Å². The molecule has 1 aromatic rings. The van der Waals surface area contributed by atoms with Crippen LogP contribution >= 0.6 is 11.6 Å². The molecule has 1 aromatic carbocycles. The number of carbonyl (C=O) groups excluding carboxylic acids is 1. The van der Waals surface area contributed by atoms with Crippen LogP contribution in [0.5, 0.6) is 11.5 Å². The van der Waals surface area contributed by atoms with Crippen LogP contribution in [-0.2, 0) is 4.79 Å². The Bertz CT molecular complexity index is 587. The molecule has 1 heterocycles. The van der Waals surface area contributed by atoms with Gasteiger partial charge in [0.05, 0.1) is 0 Å². The van der Waals surface area contributed by atoms with Crippen molar-refractivity contribution in [2.45, 2.75) is 18.3 Å². The van der Waals surface area contributed by atoms with Gasteiger partial charge in [-0.3, -0.25) is 10.1 Å². The van der Waals surface area contributed by atoms with E-state index in [4.69, 9.17) is 11.6 Å². The number of carbonyl (C=O) groups is 1. The van der Waals surface area contributed by atoms with Crippen molar-refractivity contribution in [1.82, 2.24) is 5.32 Å². The number of fused-ring (bicyclic) bond motifs is 1. The standard InChI is InChI=1S/C10H4ClF6NO3/c11-4-1-2-5-6(3-4)21-10(20-5,9(15,16)17)18-7(19)8(12,13)14/h1-3H,(H,18,19)/t10-/m1/s1. The fourth-order valence-corrected chi connectivity index (χ4v) is 1.60. The molecule has 0 bridgehead atoms. The summed E-state index contributed by atoms with van der Waals surface area (Å²) in [5, 5.41) is 0.632. The maximum Gasteiger partial charge on any atom is 0.492 e. The highest BCUT2D eigenvalue weighted by atomic mass is 35.5. The first-order valence-corrected chi connectivity index (χ1v) is 5.46. The number of alkyl halides is 6. The van der Waals surface area contributed by atoms with E-state index < -0.39 is 35.7 Å². The average molecular weight is 336 g/mol. The second-order valence-corrected chi connectivity index (χ2v) is 4.30. The molecule has 1 aliphatic rings. The van der Waals surface area contributed by atoms with E-state index in [9.17, 15) is 31.1 Å². The lowest BCUT2D eigenvalue weighted by molar-refractivity contribution is -0.322. The second kappa shape index (κ2) is 4.58. The minimum absolute atomic E-state index is 0.0301. The molecular formula is C10H4ClF6NO3. The summed E-state index contributed by atoms with van der Waals surface area (Å²) in [6.45, 7) is 0. The van der Waals surface area contributed by atoms with Crippen molar-refractivity contribution in [1.29, 1.82) is 0 Å². The Morgan fingerprint density at radius 1 is 1.10 bits per heavy atom. The van der Waals surface area contributed by atoms with Crippen molar-refractivity contribution in [3.05, 3.63) is 23.2 Å². The first-order valence-electron chi connectivity index (χ1n) is 5.08. The zero-order chi connectivity index (χ0) is 16.1. The number of amides is 1. The summed E-state index contributed by atoms with van der Waals surface area (Å²) in [6, 6.07) is 3.01. The van der Waals surface area contributed by atoms with Crippen LogP contribution in [0.2, 0.25) is 5.02 Å². The molecule has 0 aromatic heterocycles. The van der Waals surface area contributed by atoms with Gasteiger partial charge in [-0.1, -0.05) is 11.6 Å². The summed E-state index contributed by atoms with van der Waals surface area (Å²) in [6.07, 6.45) is -11.0. The van der Waals surface area contributed by atoms with E-state index in [1.807, 2.05) is 0 Å². The maximum atomic E-state index is 13.0. The second-order valence-electron chi connectivity index (χ2n) is 3.86. The van der Waals surface area contributed by atoms with Gasteiger partial charge in [-0.25, -0.2) is 0 Å². The van der Waals surface area contributed by atoms with Gasteiger partial charge in [0.2, 0.25) is 0 Å². The molecular weight excluding hydrogens is 332 g/mol. The van der Waals surface area contributed by atoms with E-state index in [2.05, 4.69) is 9.47 Å². The number of halogens is 7. The maximum absolute atomic E-state index is 13.0. The van der Waals surface area contributed by atoms with Gasteiger partial charge < -0.3 is 9.47 Å². The number of hydrogen-bond donors (Lipinski definition) is 1. The predicted molar refractivity (Wildman–Crippen MR) is 55.7 cm³/mol. The summed E-state index contributed by atoms with van der Waals surface area (Å²) in [7, 11) is 0. The molecule has 0 saturated heterocycles. The molecule has 116 valence electrons. The van der Waals surface area contributed by atoms with Crippen LogP contribution in [0, 0.1) is 0 Å². The summed E-state index contributed by atoms with van der Waals surface area (Å²) < 4.78 is 84.0. The van der Waals surface area contributed by atoms with Crippen LogP contribution < -0.4 is 14.8 Å². The Kier molecular flexibility index (Phi) is 3.39. The van der Waals surface area contributed by atoms with E-state index in [1.54, 1.807) is 0 Å². The molecule has 0 unspecified atom stereocenters. The molecule has 1 amide bonds. The summed E-state index contributed by atoms with van der Waals surface area (Å²) in [4.78, 5) is 10.8. The molecule has 1 atom stereocenters. The molecule has 0 fully saturated rings. The lowest BCUT2D eigenvalue weighted by Gasteiger charge is -2.29. The first-order chi connectivity index (χ1) is 9.45. The molecule has 4 nitrogen and oxygen atoms in total. The Labute approximate surface area is 117 Å². The molecule has 0 spiro atoms. The zero-order valence-electron chi connectivity index (χ0n) is 9.60. The molecule has 1 aliphatic heterocycles. The van der Waals surface area contributed by atoms with Gasteiger partial charge in [0.1, 0.15) is 0 Å². The first kappa shape index (κ1) is 15.5. The minimum Gasteiger partial charge on any atom is -0.424 e. The molecule has 0 saturated carbocycles. The number of ether oxygens (including phenoxy) is 2. The highest BCUT2D eigenvalue weighted by molar-refractivity contribution is 6.30. The zero-order valence-corrected chi connectivity index (χ0v) is 10.4. The summed E-state index contributed by atoms with van der Waals surface area (Å²) in [5.74, 6) is -7.90. The van der Waals surface area contributed by atoms with Crippen LogP contribution in [0.15, 0.2) is 18.2 Å². The van der Waals surface area contributed by atoms with E-state index >= 15 is 0 Å². The highest BCUT2D eigenvalue weighted by Gasteiger charge is 2.67. The minimum atomic E-state index is -5.54. The molecule has 0 aliphatic carbocycles. The van der Waals surface area contributed by atoms with Crippen molar-refractivity contribution in [2.24, 2.45) is 0 Å². The van der Waals surface area contributed by atoms with Crippen LogP contribution in [0.1, 0.15) is 0 Å². The highest BCUT2D eigenvalue weighted by Crippen LogP contribution is 2.46. The molecule has 21 heavy (non-hydrogen) atoms. The van der Waals surface area contributed by atoms with E-state index in [0.29, 0.717) is 5.32 Å². The topological polar surface area (TPSA) is 47.6 Å². The van der Waals surface area contributed by atoms with Crippen LogP contribution in [0.25, 0.3) is 0 Å². The van der Waals surface area contributed by atoms with Crippen molar-refractivity contribution in [2.75, 3.05) is 0 Å². The van der Waals surface area contributed by atoms with Gasteiger partial charge in [0, 0.05) is 11.1 Å². The van der Waals surface area contributed by atoms with Crippen molar-refractivity contribution < 1.29 is 40.6 Å². The summed E-state index contributed by atoms with van der Waals surface area (Å²) >= 11 is 5.52. The Hall–Kier alpha value is -1.84. The Morgan fingerprint density at radius 3 is 2.19 bits per heavy atom. The SMILES string of the molecule is O=C(N[C@]1(C(F)(F)F)Oc2ccc(Cl)cc2O1)C(F)(F)F. The Balaban J connectivity index is 2.37. The van der Waals surface area contributed by atoms with Gasteiger partial charge in [0.15, 0.2) is 11.5 Å². The fourth-order valence-electron chi connectivity index (χ4n) is 1.43. The monoisotopic (exact) mass is 335 g/mol. The van der Waals surface area contributed by atoms with Gasteiger partial charge >= 0.3 is 24.2 Å². The van der Waals surface area contributed by atoms with Crippen molar-refractivity contribution in [3.63, 3.8) is 0 Å². The van der Waals surface area contributed by atoms with E-state index in [-0.39, 0.29) is 5.02 Å². The van der Waals surface area contributed by atoms with Gasteiger partial charge in [-0.2, -0.15) is 26.3 Å². The quantitative estimate of drug-likeness (QED) is 0.803. The third-order valence-corrected chi connectivity index (χ3v) is 2.56. The number of benzene rings is 1. The van der Waals surface area contributed by atoms with Gasteiger partial charge in [-0.15, -0.1) is 0 Å². The van der Waals surface area contributed by atoms with E-state index in [0.717, 1.165) is 18.2 Å². The number of nitrogens with one attached hydrogen (secondary N) is 1.